The molecule has 0 unspecified atom stereocenters. The maximum Gasteiger partial charge on any atom is 0.122 e. The highest BCUT2D eigenvalue weighted by molar-refractivity contribution is 6.19. The fourth-order valence-electron chi connectivity index (χ4n) is 1.95. The van der Waals surface area contributed by atoms with E-state index in [0.29, 0.717) is 12.5 Å². The van der Waals surface area contributed by atoms with Gasteiger partial charge < -0.3 is 4.74 Å². The van der Waals surface area contributed by atoms with E-state index in [2.05, 4.69) is 30.9 Å². The zero-order chi connectivity index (χ0) is 14.4. The first-order valence-corrected chi connectivity index (χ1v) is 7.07. The lowest BCUT2D eigenvalue weighted by atomic mass is 10.1. The van der Waals surface area contributed by atoms with Crippen LogP contribution in [0.4, 0.5) is 0 Å². The van der Waals surface area contributed by atoms with E-state index < -0.39 is 0 Å². The topological polar surface area (TPSA) is 9.23 Å². The summed E-state index contributed by atoms with van der Waals surface area (Å²) in [6.45, 7) is 4.70. The first kappa shape index (κ1) is 14.5. The van der Waals surface area contributed by atoms with Gasteiger partial charge in [-0.1, -0.05) is 36.1 Å². The lowest BCUT2D eigenvalue weighted by Crippen LogP contribution is -1.99. The van der Waals surface area contributed by atoms with Crippen molar-refractivity contribution in [3.63, 3.8) is 0 Å². The molecule has 0 radical (unpaired) electrons. The van der Waals surface area contributed by atoms with Crippen LogP contribution in [0.25, 0.3) is 0 Å². The summed E-state index contributed by atoms with van der Waals surface area (Å²) in [6.07, 6.45) is 0. The summed E-state index contributed by atoms with van der Waals surface area (Å²) in [5.41, 5.74) is 4.50. The maximum absolute atomic E-state index is 5.89. The van der Waals surface area contributed by atoms with Crippen molar-refractivity contribution in [1.82, 2.24) is 0 Å². The fourth-order valence-corrected chi connectivity index (χ4v) is 2.02. The smallest absolute Gasteiger partial charge is 0.122 e. The molecule has 0 amide bonds. The molecule has 0 saturated heterocycles. The molecule has 1 nitrogen and oxygen atoms in total. The Morgan fingerprint density at radius 1 is 1.05 bits per heavy atom. The molecule has 0 N–H and O–H groups in total. The molecular formula is C18H17ClO. The van der Waals surface area contributed by atoms with Gasteiger partial charge in [-0.05, 0) is 48.7 Å². The minimum Gasteiger partial charge on any atom is -0.489 e. The van der Waals surface area contributed by atoms with E-state index in [4.69, 9.17) is 16.3 Å². The van der Waals surface area contributed by atoms with Crippen LogP contribution in [0.1, 0.15) is 22.3 Å². The third-order valence-electron chi connectivity index (χ3n) is 3.12. The minimum atomic E-state index is 0.352. The summed E-state index contributed by atoms with van der Waals surface area (Å²) in [5.74, 6) is 7.10. The molecule has 2 aromatic carbocycles. The molecule has 0 atom stereocenters. The Hall–Kier alpha value is -1.91. The number of hydrogen-bond acceptors (Lipinski definition) is 1. The van der Waals surface area contributed by atoms with E-state index in [9.17, 15) is 0 Å². The van der Waals surface area contributed by atoms with Gasteiger partial charge in [-0.3, -0.25) is 0 Å². The number of halogens is 1. The molecule has 102 valence electrons. The number of benzene rings is 2. The van der Waals surface area contributed by atoms with Crippen LogP contribution in [0.5, 0.6) is 5.75 Å². The molecule has 0 aliphatic carbocycles. The molecular weight excluding hydrogens is 268 g/mol. The van der Waals surface area contributed by atoms with Crippen molar-refractivity contribution in [2.24, 2.45) is 0 Å². The van der Waals surface area contributed by atoms with Gasteiger partial charge in [0.1, 0.15) is 12.4 Å². The Labute approximate surface area is 125 Å². The van der Waals surface area contributed by atoms with Gasteiger partial charge in [-0.25, -0.2) is 0 Å². The summed E-state index contributed by atoms with van der Waals surface area (Å²) in [7, 11) is 0. The highest BCUT2D eigenvalue weighted by atomic mass is 35.5. The van der Waals surface area contributed by atoms with Gasteiger partial charge in [0.05, 0.1) is 5.88 Å². The van der Waals surface area contributed by atoms with E-state index in [1.807, 2.05) is 37.3 Å². The van der Waals surface area contributed by atoms with Crippen molar-refractivity contribution >= 4 is 11.6 Å². The summed E-state index contributed by atoms with van der Waals surface area (Å²) in [6, 6.07) is 14.2. The highest BCUT2D eigenvalue weighted by Crippen LogP contribution is 2.20. The van der Waals surface area contributed by atoms with Crippen molar-refractivity contribution in [1.29, 1.82) is 0 Å². The molecule has 0 fully saturated rings. The van der Waals surface area contributed by atoms with Gasteiger partial charge in [-0.15, -0.1) is 11.6 Å². The molecule has 0 aromatic heterocycles. The van der Waals surface area contributed by atoms with Crippen LogP contribution in [-0.2, 0) is 6.61 Å². The van der Waals surface area contributed by atoms with Crippen LogP contribution in [0, 0.1) is 25.7 Å². The van der Waals surface area contributed by atoms with E-state index in [1.54, 1.807) is 0 Å². The number of ether oxygens (including phenoxy) is 1. The third kappa shape index (κ3) is 3.79. The fraction of sp³-hybridized carbons (Fsp3) is 0.222. The van der Waals surface area contributed by atoms with E-state index in [0.717, 1.165) is 16.9 Å². The Balaban J connectivity index is 2.09. The molecule has 2 rings (SSSR count). The van der Waals surface area contributed by atoms with Crippen LogP contribution in [0.15, 0.2) is 42.5 Å². The highest BCUT2D eigenvalue weighted by Gasteiger charge is 2.02. The predicted molar refractivity (Wildman–Crippen MR) is 84.3 cm³/mol. The SMILES string of the molecule is Cc1ccccc1COc1ccc(C#CCCl)cc1C. The Morgan fingerprint density at radius 2 is 1.85 bits per heavy atom. The van der Waals surface area contributed by atoms with Crippen molar-refractivity contribution in [3.8, 4) is 17.6 Å². The molecule has 0 bridgehead atoms. The van der Waals surface area contributed by atoms with Crippen LogP contribution < -0.4 is 4.74 Å². The van der Waals surface area contributed by atoms with Crippen molar-refractivity contribution in [2.75, 3.05) is 5.88 Å². The van der Waals surface area contributed by atoms with Crippen molar-refractivity contribution in [3.05, 3.63) is 64.7 Å². The monoisotopic (exact) mass is 284 g/mol. The Kier molecular flexibility index (Phi) is 5.09. The van der Waals surface area contributed by atoms with Gasteiger partial charge in [0.15, 0.2) is 0 Å². The molecule has 2 heteroatoms. The van der Waals surface area contributed by atoms with Crippen molar-refractivity contribution in [2.45, 2.75) is 20.5 Å². The van der Waals surface area contributed by atoms with Crippen molar-refractivity contribution < 1.29 is 4.74 Å². The normalized spacial score (nSPS) is 9.75. The Morgan fingerprint density at radius 3 is 2.55 bits per heavy atom. The summed E-state index contributed by atoms with van der Waals surface area (Å²) in [4.78, 5) is 0. The number of aryl methyl sites for hydroxylation is 2. The summed E-state index contributed by atoms with van der Waals surface area (Å²) >= 11 is 5.56. The first-order valence-electron chi connectivity index (χ1n) is 6.53. The molecule has 0 aliphatic rings. The zero-order valence-corrected chi connectivity index (χ0v) is 12.5. The second-order valence-corrected chi connectivity index (χ2v) is 4.90. The van der Waals surface area contributed by atoms with Gasteiger partial charge in [0, 0.05) is 5.56 Å². The van der Waals surface area contributed by atoms with E-state index in [-0.39, 0.29) is 0 Å². The standard InChI is InChI=1S/C18H17ClO/c1-14-6-3-4-8-17(14)13-20-18-10-9-16(7-5-11-19)12-15(18)2/h3-4,6,8-10,12H,11,13H2,1-2H3. The van der Waals surface area contributed by atoms with Gasteiger partial charge in [0.25, 0.3) is 0 Å². The number of alkyl halides is 1. The predicted octanol–water partition coefficient (Wildman–Crippen LogP) is 4.47. The van der Waals surface area contributed by atoms with Crippen LogP contribution in [0.3, 0.4) is 0 Å². The first-order chi connectivity index (χ1) is 9.70. The lowest BCUT2D eigenvalue weighted by molar-refractivity contribution is 0.303. The Bertz CT molecular complexity index is 650. The zero-order valence-electron chi connectivity index (χ0n) is 11.7. The molecule has 0 saturated carbocycles. The maximum atomic E-state index is 5.89. The average molecular weight is 285 g/mol. The molecule has 0 aliphatic heterocycles. The lowest BCUT2D eigenvalue weighted by Gasteiger charge is -2.11. The van der Waals surface area contributed by atoms with Crippen LogP contribution in [0.2, 0.25) is 0 Å². The van der Waals surface area contributed by atoms with Gasteiger partial charge in [-0.2, -0.15) is 0 Å². The quantitative estimate of drug-likeness (QED) is 0.597. The largest absolute Gasteiger partial charge is 0.489 e. The van der Waals surface area contributed by atoms with E-state index in [1.165, 1.54) is 11.1 Å². The van der Waals surface area contributed by atoms with Crippen LogP contribution >= 0.6 is 11.6 Å². The van der Waals surface area contributed by atoms with E-state index >= 15 is 0 Å². The minimum absolute atomic E-state index is 0.352. The number of rotatable bonds is 3. The second kappa shape index (κ2) is 7.03. The molecule has 0 spiro atoms. The van der Waals surface area contributed by atoms with Crippen LogP contribution in [-0.4, -0.2) is 5.88 Å². The molecule has 0 heterocycles. The molecule has 2 aromatic rings. The molecule has 20 heavy (non-hydrogen) atoms. The number of hydrogen-bond donors (Lipinski definition) is 0. The summed E-state index contributed by atoms with van der Waals surface area (Å²) < 4.78 is 5.89. The third-order valence-corrected chi connectivity index (χ3v) is 3.25. The second-order valence-electron chi connectivity index (χ2n) is 4.63. The summed E-state index contributed by atoms with van der Waals surface area (Å²) in [5, 5.41) is 0. The average Bonchev–Trinajstić information content (AvgIpc) is 2.45. The van der Waals surface area contributed by atoms with Gasteiger partial charge >= 0.3 is 0 Å². The van der Waals surface area contributed by atoms with Gasteiger partial charge in [0.2, 0.25) is 0 Å².